The Kier molecular flexibility index (Phi) is 3.54. The summed E-state index contributed by atoms with van der Waals surface area (Å²) < 4.78 is 0. The molecule has 0 bridgehead atoms. The molecule has 1 saturated carbocycles. The fraction of sp³-hybridized carbons (Fsp3) is 0.375. The molecule has 1 aliphatic carbocycles. The first-order chi connectivity index (χ1) is 9.78. The van der Waals surface area contributed by atoms with Crippen LogP contribution < -0.4 is 10.6 Å². The number of anilines is 2. The van der Waals surface area contributed by atoms with E-state index in [2.05, 4.69) is 50.9 Å². The highest BCUT2D eigenvalue weighted by Gasteiger charge is 2.38. The summed E-state index contributed by atoms with van der Waals surface area (Å²) in [7, 11) is 0. The highest BCUT2D eigenvalue weighted by molar-refractivity contribution is 5.49. The normalized spacial score (nSPS) is 20.5. The van der Waals surface area contributed by atoms with Crippen molar-refractivity contribution in [2.45, 2.75) is 32.2 Å². The lowest BCUT2D eigenvalue weighted by atomic mass is 10.1. The number of benzene rings is 1. The van der Waals surface area contributed by atoms with E-state index in [0.29, 0.717) is 17.9 Å². The third kappa shape index (κ3) is 2.74. The Labute approximate surface area is 119 Å². The summed E-state index contributed by atoms with van der Waals surface area (Å²) in [5, 5.41) is 6.69. The minimum absolute atomic E-state index is 0.487. The zero-order valence-corrected chi connectivity index (χ0v) is 11.9. The molecule has 4 nitrogen and oxygen atoms in total. The largest absolute Gasteiger partial charge is 0.366 e. The van der Waals surface area contributed by atoms with Gasteiger partial charge < -0.3 is 10.6 Å². The number of hydrogen-bond donors (Lipinski definition) is 2. The summed E-state index contributed by atoms with van der Waals surface area (Å²) in [6.45, 7) is 4.92. The Morgan fingerprint density at radius 2 is 2.05 bits per heavy atom. The van der Waals surface area contributed by atoms with Crippen molar-refractivity contribution >= 4 is 11.8 Å². The summed E-state index contributed by atoms with van der Waals surface area (Å²) in [6.07, 6.45) is 3.04. The maximum atomic E-state index is 4.54. The van der Waals surface area contributed by atoms with Crippen LogP contribution in [0.4, 0.5) is 11.8 Å². The van der Waals surface area contributed by atoms with E-state index in [1.54, 1.807) is 0 Å². The van der Waals surface area contributed by atoms with Crippen LogP contribution in [0.15, 0.2) is 36.5 Å². The fourth-order valence-electron chi connectivity index (χ4n) is 2.43. The first-order valence-corrected chi connectivity index (χ1v) is 7.17. The molecule has 1 aliphatic rings. The number of hydrogen-bond acceptors (Lipinski definition) is 4. The van der Waals surface area contributed by atoms with Crippen LogP contribution in [0.3, 0.4) is 0 Å². The van der Waals surface area contributed by atoms with Crippen molar-refractivity contribution in [3.63, 3.8) is 0 Å². The number of rotatable bonds is 5. The highest BCUT2D eigenvalue weighted by Crippen LogP contribution is 2.42. The van der Waals surface area contributed by atoms with Gasteiger partial charge in [-0.3, -0.25) is 0 Å². The smallest absolute Gasteiger partial charge is 0.224 e. The molecule has 2 aromatic rings. The predicted molar refractivity (Wildman–Crippen MR) is 82.1 cm³/mol. The van der Waals surface area contributed by atoms with Crippen molar-refractivity contribution in [2.75, 3.05) is 17.2 Å². The second-order valence-corrected chi connectivity index (χ2v) is 5.26. The van der Waals surface area contributed by atoms with E-state index in [9.17, 15) is 0 Å². The zero-order chi connectivity index (χ0) is 13.9. The minimum Gasteiger partial charge on any atom is -0.366 e. The van der Waals surface area contributed by atoms with E-state index >= 15 is 0 Å². The Hall–Kier alpha value is -2.10. The first kappa shape index (κ1) is 12.9. The number of aryl methyl sites for hydroxylation is 1. The predicted octanol–water partition coefficient (Wildman–Crippen LogP) is 3.18. The van der Waals surface area contributed by atoms with Crippen LogP contribution in [0.25, 0.3) is 0 Å². The maximum absolute atomic E-state index is 4.54. The third-order valence-corrected chi connectivity index (χ3v) is 3.65. The van der Waals surface area contributed by atoms with Gasteiger partial charge in [0.1, 0.15) is 5.82 Å². The molecule has 20 heavy (non-hydrogen) atoms. The summed E-state index contributed by atoms with van der Waals surface area (Å²) in [5.41, 5.74) is 2.49. The molecule has 104 valence electrons. The van der Waals surface area contributed by atoms with Crippen LogP contribution in [-0.4, -0.2) is 22.6 Å². The molecule has 2 N–H and O–H groups in total. The van der Waals surface area contributed by atoms with Gasteiger partial charge in [-0.1, -0.05) is 30.3 Å². The topological polar surface area (TPSA) is 49.8 Å². The average molecular weight is 268 g/mol. The van der Waals surface area contributed by atoms with Crippen molar-refractivity contribution in [3.05, 3.63) is 47.7 Å². The quantitative estimate of drug-likeness (QED) is 0.874. The molecule has 1 aromatic heterocycles. The first-order valence-electron chi connectivity index (χ1n) is 7.17. The lowest BCUT2D eigenvalue weighted by molar-refractivity contribution is 1.00. The SMILES string of the molecule is CCNc1ncc(C)c(NC2CC2c2ccccc2)n1. The van der Waals surface area contributed by atoms with Gasteiger partial charge in [-0.25, -0.2) is 4.98 Å². The molecule has 2 atom stereocenters. The van der Waals surface area contributed by atoms with E-state index in [0.717, 1.165) is 17.9 Å². The van der Waals surface area contributed by atoms with Gasteiger partial charge in [-0.15, -0.1) is 0 Å². The highest BCUT2D eigenvalue weighted by atomic mass is 15.2. The number of nitrogens with one attached hydrogen (secondary N) is 2. The van der Waals surface area contributed by atoms with E-state index in [4.69, 9.17) is 0 Å². The molecule has 1 heterocycles. The van der Waals surface area contributed by atoms with Crippen molar-refractivity contribution in [1.29, 1.82) is 0 Å². The molecule has 1 fully saturated rings. The Morgan fingerprint density at radius 1 is 1.25 bits per heavy atom. The molecular formula is C16H20N4. The van der Waals surface area contributed by atoms with Crippen LogP contribution in [0, 0.1) is 6.92 Å². The number of aromatic nitrogens is 2. The van der Waals surface area contributed by atoms with Crippen molar-refractivity contribution in [2.24, 2.45) is 0 Å². The minimum atomic E-state index is 0.487. The van der Waals surface area contributed by atoms with Gasteiger partial charge in [-0.2, -0.15) is 4.98 Å². The van der Waals surface area contributed by atoms with E-state index in [1.165, 1.54) is 12.0 Å². The summed E-state index contributed by atoms with van der Waals surface area (Å²) >= 11 is 0. The van der Waals surface area contributed by atoms with Crippen LogP contribution in [0.5, 0.6) is 0 Å². The molecular weight excluding hydrogens is 248 g/mol. The lowest BCUT2D eigenvalue weighted by Gasteiger charge is -2.10. The molecule has 0 radical (unpaired) electrons. The molecule has 2 unspecified atom stereocenters. The third-order valence-electron chi connectivity index (χ3n) is 3.65. The number of nitrogens with zero attached hydrogens (tertiary/aromatic N) is 2. The van der Waals surface area contributed by atoms with Gasteiger partial charge in [0.15, 0.2) is 0 Å². The lowest BCUT2D eigenvalue weighted by Crippen LogP contribution is -2.10. The van der Waals surface area contributed by atoms with Gasteiger partial charge >= 0.3 is 0 Å². The van der Waals surface area contributed by atoms with Gasteiger partial charge in [0, 0.05) is 30.3 Å². The molecule has 0 saturated heterocycles. The second-order valence-electron chi connectivity index (χ2n) is 5.26. The molecule has 3 rings (SSSR count). The van der Waals surface area contributed by atoms with Crippen LogP contribution in [0.1, 0.15) is 30.4 Å². The second kappa shape index (κ2) is 5.49. The van der Waals surface area contributed by atoms with Crippen LogP contribution in [-0.2, 0) is 0 Å². The molecule has 0 aliphatic heterocycles. The van der Waals surface area contributed by atoms with Gasteiger partial charge in [0.25, 0.3) is 0 Å². The fourth-order valence-corrected chi connectivity index (χ4v) is 2.43. The van der Waals surface area contributed by atoms with Crippen molar-refractivity contribution in [1.82, 2.24) is 9.97 Å². The zero-order valence-electron chi connectivity index (χ0n) is 11.9. The molecule has 1 aromatic carbocycles. The van der Waals surface area contributed by atoms with Crippen molar-refractivity contribution < 1.29 is 0 Å². The molecule has 4 heteroatoms. The van der Waals surface area contributed by atoms with Crippen LogP contribution >= 0.6 is 0 Å². The Morgan fingerprint density at radius 3 is 2.80 bits per heavy atom. The Balaban J connectivity index is 1.69. The van der Waals surface area contributed by atoms with Gasteiger partial charge in [0.2, 0.25) is 5.95 Å². The Bertz CT molecular complexity index is 582. The monoisotopic (exact) mass is 268 g/mol. The summed E-state index contributed by atoms with van der Waals surface area (Å²) in [5.74, 6) is 2.24. The van der Waals surface area contributed by atoms with E-state index in [1.807, 2.05) is 20.0 Å². The standard InChI is InChI=1S/C16H20N4/c1-3-17-16-18-10-11(2)15(20-16)19-14-9-13(14)12-7-5-4-6-8-12/h4-8,10,13-14H,3,9H2,1-2H3,(H2,17,18,19,20). The van der Waals surface area contributed by atoms with Crippen molar-refractivity contribution in [3.8, 4) is 0 Å². The molecule has 0 spiro atoms. The molecule has 0 amide bonds. The van der Waals surface area contributed by atoms with Gasteiger partial charge in [0.05, 0.1) is 0 Å². The van der Waals surface area contributed by atoms with Crippen LogP contribution in [0.2, 0.25) is 0 Å². The summed E-state index contributed by atoms with van der Waals surface area (Å²) in [6, 6.07) is 11.1. The van der Waals surface area contributed by atoms with E-state index < -0.39 is 0 Å². The maximum Gasteiger partial charge on any atom is 0.224 e. The van der Waals surface area contributed by atoms with Gasteiger partial charge in [-0.05, 0) is 25.8 Å². The van der Waals surface area contributed by atoms with E-state index in [-0.39, 0.29) is 0 Å². The average Bonchev–Trinajstić information content (AvgIpc) is 3.23. The summed E-state index contributed by atoms with van der Waals surface area (Å²) in [4.78, 5) is 8.81.